The highest BCUT2D eigenvalue weighted by molar-refractivity contribution is 7.22. The van der Waals surface area contributed by atoms with Gasteiger partial charge in [0.2, 0.25) is 0 Å². The van der Waals surface area contributed by atoms with Gasteiger partial charge in [0.05, 0.1) is 23.4 Å². The van der Waals surface area contributed by atoms with Gasteiger partial charge < -0.3 is 4.74 Å². The summed E-state index contributed by atoms with van der Waals surface area (Å²) in [5.74, 6) is -2.98. The third-order valence-electron chi connectivity index (χ3n) is 4.73. The zero-order chi connectivity index (χ0) is 20.4. The molecular formula is C20H18F3N3O2S. The van der Waals surface area contributed by atoms with E-state index in [2.05, 4.69) is 9.88 Å². The lowest BCUT2D eigenvalue weighted by atomic mass is 10.2. The Morgan fingerprint density at radius 1 is 1.10 bits per heavy atom. The highest BCUT2D eigenvalue weighted by Crippen LogP contribution is 2.30. The number of nitrogens with zero attached hydrogens (tertiary/aromatic N) is 3. The summed E-state index contributed by atoms with van der Waals surface area (Å²) in [6.45, 7) is 3.62. The number of amides is 1. The average Bonchev–Trinajstić information content (AvgIpc) is 3.13. The predicted molar refractivity (Wildman–Crippen MR) is 105 cm³/mol. The SMILES string of the molecule is O=C(c1ccc(F)c(F)c1)N(CCN1CCOCC1)c1nc2ccc(F)cc2s1. The van der Waals surface area contributed by atoms with Crippen LogP contribution >= 0.6 is 11.3 Å². The van der Waals surface area contributed by atoms with E-state index in [9.17, 15) is 18.0 Å². The summed E-state index contributed by atoms with van der Waals surface area (Å²) in [4.78, 5) is 21.2. The Morgan fingerprint density at radius 3 is 2.66 bits per heavy atom. The normalized spacial score (nSPS) is 15.0. The molecule has 1 aromatic heterocycles. The molecule has 2 aromatic carbocycles. The summed E-state index contributed by atoms with van der Waals surface area (Å²) in [5.41, 5.74) is 0.595. The van der Waals surface area contributed by atoms with Crippen LogP contribution in [0.5, 0.6) is 0 Å². The lowest BCUT2D eigenvalue weighted by Crippen LogP contribution is -2.43. The number of carbonyl (C=O) groups is 1. The fourth-order valence-corrected chi connectivity index (χ4v) is 4.15. The van der Waals surface area contributed by atoms with Gasteiger partial charge in [0.25, 0.3) is 5.91 Å². The molecule has 0 spiro atoms. The first-order valence-corrected chi connectivity index (χ1v) is 9.96. The summed E-state index contributed by atoms with van der Waals surface area (Å²) in [5, 5.41) is 0.383. The highest BCUT2D eigenvalue weighted by atomic mass is 32.1. The lowest BCUT2D eigenvalue weighted by molar-refractivity contribution is 0.0391. The molecule has 0 atom stereocenters. The number of carbonyl (C=O) groups excluding carboxylic acids is 1. The van der Waals surface area contributed by atoms with E-state index in [4.69, 9.17) is 4.74 Å². The van der Waals surface area contributed by atoms with Crippen molar-refractivity contribution >= 4 is 32.6 Å². The Bertz CT molecular complexity index is 1040. The van der Waals surface area contributed by atoms with Crippen LogP contribution in [0.1, 0.15) is 10.4 Å². The van der Waals surface area contributed by atoms with E-state index in [1.165, 1.54) is 34.4 Å². The molecular weight excluding hydrogens is 403 g/mol. The van der Waals surface area contributed by atoms with Crippen molar-refractivity contribution in [3.8, 4) is 0 Å². The van der Waals surface area contributed by atoms with E-state index in [0.29, 0.717) is 41.7 Å². The van der Waals surface area contributed by atoms with Crippen LogP contribution in [0.3, 0.4) is 0 Å². The number of hydrogen-bond donors (Lipinski definition) is 0. The van der Waals surface area contributed by atoms with Gasteiger partial charge in [-0.2, -0.15) is 0 Å². The molecule has 5 nitrogen and oxygen atoms in total. The molecule has 0 saturated carbocycles. The van der Waals surface area contributed by atoms with Crippen molar-refractivity contribution in [2.75, 3.05) is 44.3 Å². The summed E-state index contributed by atoms with van der Waals surface area (Å²) in [6.07, 6.45) is 0. The van der Waals surface area contributed by atoms with E-state index in [1.807, 2.05) is 0 Å². The van der Waals surface area contributed by atoms with Gasteiger partial charge in [-0.15, -0.1) is 0 Å². The maximum Gasteiger partial charge on any atom is 0.260 e. The van der Waals surface area contributed by atoms with Crippen molar-refractivity contribution in [3.05, 3.63) is 59.4 Å². The molecule has 4 rings (SSSR count). The van der Waals surface area contributed by atoms with Gasteiger partial charge in [0.15, 0.2) is 16.8 Å². The van der Waals surface area contributed by atoms with Crippen molar-refractivity contribution < 1.29 is 22.7 Å². The standard InChI is InChI=1S/C20H18F3N3O2S/c21-14-2-4-17-18(12-14)29-20(24-17)26(6-5-25-7-9-28-10-8-25)19(27)13-1-3-15(22)16(23)11-13/h1-4,11-12H,5-10H2. The van der Waals surface area contributed by atoms with Gasteiger partial charge in [-0.1, -0.05) is 11.3 Å². The fourth-order valence-electron chi connectivity index (χ4n) is 3.14. The van der Waals surface area contributed by atoms with Gasteiger partial charge >= 0.3 is 0 Å². The third-order valence-corrected chi connectivity index (χ3v) is 5.77. The number of rotatable bonds is 5. The number of benzene rings is 2. The summed E-state index contributed by atoms with van der Waals surface area (Å²) in [6, 6.07) is 7.27. The van der Waals surface area contributed by atoms with Crippen LogP contribution < -0.4 is 4.90 Å². The van der Waals surface area contributed by atoms with Crippen LogP contribution in [-0.4, -0.2) is 55.2 Å². The number of thiazole rings is 1. The monoisotopic (exact) mass is 421 g/mol. The molecule has 1 aliphatic rings. The Hall–Kier alpha value is -2.49. The molecule has 0 N–H and O–H groups in total. The molecule has 1 saturated heterocycles. The molecule has 1 aliphatic heterocycles. The maximum absolute atomic E-state index is 13.7. The molecule has 0 radical (unpaired) electrons. The zero-order valence-corrected chi connectivity index (χ0v) is 16.2. The topological polar surface area (TPSA) is 45.7 Å². The van der Waals surface area contributed by atoms with E-state index >= 15 is 0 Å². The first-order valence-electron chi connectivity index (χ1n) is 9.14. The lowest BCUT2D eigenvalue weighted by Gasteiger charge is -2.29. The van der Waals surface area contributed by atoms with Crippen molar-refractivity contribution in [2.45, 2.75) is 0 Å². The quantitative estimate of drug-likeness (QED) is 0.630. The van der Waals surface area contributed by atoms with E-state index in [1.54, 1.807) is 6.07 Å². The van der Waals surface area contributed by atoms with Crippen LogP contribution in [0, 0.1) is 17.5 Å². The molecule has 1 fully saturated rings. The van der Waals surface area contributed by atoms with Crippen molar-refractivity contribution in [1.82, 2.24) is 9.88 Å². The molecule has 0 aliphatic carbocycles. The summed E-state index contributed by atoms with van der Waals surface area (Å²) >= 11 is 1.18. The second-order valence-electron chi connectivity index (χ2n) is 6.65. The number of morpholine rings is 1. The van der Waals surface area contributed by atoms with E-state index < -0.39 is 17.5 Å². The number of ether oxygens (including phenoxy) is 1. The first kappa shape index (κ1) is 19.8. The van der Waals surface area contributed by atoms with Crippen LogP contribution in [-0.2, 0) is 4.74 Å². The Balaban J connectivity index is 1.64. The Kier molecular flexibility index (Phi) is 5.79. The van der Waals surface area contributed by atoms with Gasteiger partial charge in [-0.25, -0.2) is 18.2 Å². The van der Waals surface area contributed by atoms with Gasteiger partial charge in [-0.05, 0) is 36.4 Å². The maximum atomic E-state index is 13.7. The fraction of sp³-hybridized carbons (Fsp3) is 0.300. The minimum atomic E-state index is -1.09. The van der Waals surface area contributed by atoms with Crippen LogP contribution in [0.25, 0.3) is 10.2 Å². The molecule has 0 bridgehead atoms. The first-order chi connectivity index (χ1) is 14.0. The van der Waals surface area contributed by atoms with Crippen molar-refractivity contribution in [2.24, 2.45) is 0 Å². The summed E-state index contributed by atoms with van der Waals surface area (Å²) in [7, 11) is 0. The molecule has 2 heterocycles. The molecule has 3 aromatic rings. The van der Waals surface area contributed by atoms with E-state index in [0.717, 1.165) is 25.2 Å². The van der Waals surface area contributed by atoms with Gasteiger partial charge in [-0.3, -0.25) is 14.6 Å². The van der Waals surface area contributed by atoms with Crippen LogP contribution in [0.15, 0.2) is 36.4 Å². The highest BCUT2D eigenvalue weighted by Gasteiger charge is 2.24. The molecule has 9 heteroatoms. The van der Waals surface area contributed by atoms with Crippen molar-refractivity contribution in [3.63, 3.8) is 0 Å². The minimum absolute atomic E-state index is 0.0244. The average molecular weight is 421 g/mol. The molecule has 1 amide bonds. The van der Waals surface area contributed by atoms with Gasteiger partial charge in [0.1, 0.15) is 5.82 Å². The number of fused-ring (bicyclic) bond motifs is 1. The smallest absolute Gasteiger partial charge is 0.260 e. The van der Waals surface area contributed by atoms with E-state index in [-0.39, 0.29) is 11.4 Å². The number of anilines is 1. The second kappa shape index (κ2) is 8.48. The zero-order valence-electron chi connectivity index (χ0n) is 15.4. The largest absolute Gasteiger partial charge is 0.379 e. The number of aromatic nitrogens is 1. The molecule has 152 valence electrons. The van der Waals surface area contributed by atoms with Crippen LogP contribution in [0.4, 0.5) is 18.3 Å². The third kappa shape index (κ3) is 4.42. The van der Waals surface area contributed by atoms with Gasteiger partial charge in [0, 0.05) is 31.7 Å². The minimum Gasteiger partial charge on any atom is -0.379 e. The summed E-state index contributed by atoms with van der Waals surface area (Å²) < 4.78 is 46.5. The predicted octanol–water partition coefficient (Wildman–Crippen LogP) is 3.69. The van der Waals surface area contributed by atoms with Crippen molar-refractivity contribution in [1.29, 1.82) is 0 Å². The van der Waals surface area contributed by atoms with Crippen LogP contribution in [0.2, 0.25) is 0 Å². The Morgan fingerprint density at radius 2 is 1.90 bits per heavy atom. The molecule has 0 unspecified atom stereocenters. The Labute approximate surface area is 169 Å². The number of halogens is 3. The number of hydrogen-bond acceptors (Lipinski definition) is 5. The molecule has 29 heavy (non-hydrogen) atoms. The second-order valence-corrected chi connectivity index (χ2v) is 7.66.